The van der Waals surface area contributed by atoms with E-state index in [2.05, 4.69) is 23.4 Å². The first-order chi connectivity index (χ1) is 5.43. The van der Waals surface area contributed by atoms with Crippen LogP contribution in [-0.2, 0) is 6.54 Å². The molecule has 0 aliphatic carbocycles. The van der Waals surface area contributed by atoms with Gasteiger partial charge in [-0.1, -0.05) is 36.3 Å². The summed E-state index contributed by atoms with van der Waals surface area (Å²) in [7, 11) is 0. The molecule has 0 aromatic heterocycles. The molecule has 0 aliphatic rings. The van der Waals surface area contributed by atoms with Crippen molar-refractivity contribution in [3.8, 4) is 12.3 Å². The van der Waals surface area contributed by atoms with Gasteiger partial charge in [-0.05, 0) is 5.56 Å². The van der Waals surface area contributed by atoms with Gasteiger partial charge in [-0.25, -0.2) is 0 Å². The summed E-state index contributed by atoms with van der Waals surface area (Å²) < 4.78 is 0. The van der Waals surface area contributed by atoms with E-state index >= 15 is 0 Å². The highest BCUT2D eigenvalue weighted by Crippen LogP contribution is 1.96. The van der Waals surface area contributed by atoms with Crippen molar-refractivity contribution in [2.75, 3.05) is 6.54 Å². The van der Waals surface area contributed by atoms with Crippen molar-refractivity contribution in [3.05, 3.63) is 35.9 Å². The molecule has 0 unspecified atom stereocenters. The summed E-state index contributed by atoms with van der Waals surface area (Å²) in [5.74, 6) is 2.53. The summed E-state index contributed by atoms with van der Waals surface area (Å²) in [6.07, 6.45) is 5.08. The number of nitrogens with one attached hydrogen (secondary N) is 1. The highest BCUT2D eigenvalue weighted by atomic mass is 79.9. The highest BCUT2D eigenvalue weighted by Gasteiger charge is 1.86. The van der Waals surface area contributed by atoms with Crippen LogP contribution in [0.2, 0.25) is 0 Å². The summed E-state index contributed by atoms with van der Waals surface area (Å²) in [5.41, 5.74) is 1.27. The Bertz CT molecular complexity index is 238. The van der Waals surface area contributed by atoms with Crippen LogP contribution in [0.25, 0.3) is 0 Å². The Labute approximate surface area is 84.0 Å². The van der Waals surface area contributed by atoms with Crippen LogP contribution >= 0.6 is 17.0 Å². The van der Waals surface area contributed by atoms with Crippen LogP contribution in [0.15, 0.2) is 30.3 Å². The Morgan fingerprint density at radius 3 is 2.50 bits per heavy atom. The largest absolute Gasteiger partial charge is 0.302 e. The number of rotatable bonds is 3. The molecular weight excluding hydrogens is 214 g/mol. The zero-order chi connectivity index (χ0) is 7.94. The standard InChI is InChI=1S/C10H11N.BrH/c1-2-8-11-9-10-6-4-3-5-7-10;/h1,3-7,11H,8-9H2;1H. The Balaban J connectivity index is 0.00000121. The molecule has 1 rings (SSSR count). The number of terminal acetylenes is 1. The van der Waals surface area contributed by atoms with Crippen LogP contribution in [0.1, 0.15) is 5.56 Å². The van der Waals surface area contributed by atoms with Crippen molar-refractivity contribution in [1.29, 1.82) is 0 Å². The smallest absolute Gasteiger partial charge is 0.0576 e. The predicted molar refractivity (Wildman–Crippen MR) is 57.3 cm³/mol. The molecule has 12 heavy (non-hydrogen) atoms. The van der Waals surface area contributed by atoms with Crippen molar-refractivity contribution in [2.24, 2.45) is 0 Å². The Morgan fingerprint density at radius 1 is 1.25 bits per heavy atom. The molecule has 0 atom stereocenters. The zero-order valence-electron chi connectivity index (χ0n) is 6.79. The monoisotopic (exact) mass is 225 g/mol. The maximum Gasteiger partial charge on any atom is 0.0576 e. The SMILES string of the molecule is Br.C#CCNCc1ccccc1. The lowest BCUT2D eigenvalue weighted by Gasteiger charge is -1.99. The van der Waals surface area contributed by atoms with Gasteiger partial charge in [0.2, 0.25) is 0 Å². The fraction of sp³-hybridized carbons (Fsp3) is 0.200. The minimum Gasteiger partial charge on any atom is -0.302 e. The second kappa shape index (κ2) is 6.90. The number of hydrogen-bond donors (Lipinski definition) is 1. The van der Waals surface area contributed by atoms with Crippen molar-refractivity contribution >= 4 is 17.0 Å². The molecule has 0 heterocycles. The van der Waals surface area contributed by atoms with Crippen molar-refractivity contribution < 1.29 is 0 Å². The molecular formula is C10H12BrN. The second-order valence-corrected chi connectivity index (χ2v) is 2.29. The van der Waals surface area contributed by atoms with E-state index in [0.717, 1.165) is 6.54 Å². The first-order valence-corrected chi connectivity index (χ1v) is 3.61. The van der Waals surface area contributed by atoms with Gasteiger partial charge in [0.25, 0.3) is 0 Å². The lowest BCUT2D eigenvalue weighted by molar-refractivity contribution is 0.770. The van der Waals surface area contributed by atoms with Crippen LogP contribution < -0.4 is 5.32 Å². The van der Waals surface area contributed by atoms with Crippen molar-refractivity contribution in [3.63, 3.8) is 0 Å². The van der Waals surface area contributed by atoms with Gasteiger partial charge in [-0.3, -0.25) is 0 Å². The van der Waals surface area contributed by atoms with Crippen LogP contribution in [0.3, 0.4) is 0 Å². The molecule has 0 saturated carbocycles. The van der Waals surface area contributed by atoms with E-state index in [1.54, 1.807) is 0 Å². The summed E-state index contributed by atoms with van der Waals surface area (Å²) in [4.78, 5) is 0. The number of halogens is 1. The Hall–Kier alpha value is -0.780. The molecule has 64 valence electrons. The van der Waals surface area contributed by atoms with Gasteiger partial charge in [-0.2, -0.15) is 0 Å². The molecule has 1 aromatic rings. The lowest BCUT2D eigenvalue weighted by Crippen LogP contribution is -2.12. The third kappa shape index (κ3) is 4.17. The third-order valence-electron chi connectivity index (χ3n) is 1.40. The van der Waals surface area contributed by atoms with E-state index in [-0.39, 0.29) is 17.0 Å². The van der Waals surface area contributed by atoms with Gasteiger partial charge in [0.1, 0.15) is 0 Å². The van der Waals surface area contributed by atoms with E-state index in [0.29, 0.717) is 6.54 Å². The van der Waals surface area contributed by atoms with E-state index in [9.17, 15) is 0 Å². The van der Waals surface area contributed by atoms with E-state index < -0.39 is 0 Å². The predicted octanol–water partition coefficient (Wildman–Crippen LogP) is 1.99. The van der Waals surface area contributed by atoms with Gasteiger partial charge in [0.15, 0.2) is 0 Å². The fourth-order valence-corrected chi connectivity index (χ4v) is 0.875. The average Bonchev–Trinajstić information content (AvgIpc) is 2.07. The maximum atomic E-state index is 5.08. The average molecular weight is 226 g/mol. The molecule has 1 N–H and O–H groups in total. The van der Waals surface area contributed by atoms with Gasteiger partial charge in [0.05, 0.1) is 6.54 Å². The number of benzene rings is 1. The quantitative estimate of drug-likeness (QED) is 0.613. The Kier molecular flexibility index (Phi) is 6.45. The maximum absolute atomic E-state index is 5.08. The molecule has 0 bridgehead atoms. The minimum absolute atomic E-state index is 0. The first kappa shape index (κ1) is 11.2. The van der Waals surface area contributed by atoms with E-state index in [1.807, 2.05) is 18.2 Å². The van der Waals surface area contributed by atoms with Gasteiger partial charge in [-0.15, -0.1) is 23.4 Å². The number of hydrogen-bond acceptors (Lipinski definition) is 1. The first-order valence-electron chi connectivity index (χ1n) is 3.61. The summed E-state index contributed by atoms with van der Waals surface area (Å²) >= 11 is 0. The molecule has 0 saturated heterocycles. The molecule has 2 heteroatoms. The molecule has 0 radical (unpaired) electrons. The summed E-state index contributed by atoms with van der Waals surface area (Å²) in [6.45, 7) is 1.49. The lowest BCUT2D eigenvalue weighted by atomic mass is 10.2. The van der Waals surface area contributed by atoms with Crippen LogP contribution in [0.5, 0.6) is 0 Å². The topological polar surface area (TPSA) is 12.0 Å². The van der Waals surface area contributed by atoms with E-state index in [1.165, 1.54) is 5.56 Å². The molecule has 0 fully saturated rings. The van der Waals surface area contributed by atoms with Crippen LogP contribution in [-0.4, -0.2) is 6.54 Å². The van der Waals surface area contributed by atoms with Gasteiger partial charge in [0, 0.05) is 6.54 Å². The second-order valence-electron chi connectivity index (χ2n) is 2.29. The van der Waals surface area contributed by atoms with Gasteiger partial charge < -0.3 is 5.32 Å². The normalized spacial score (nSPS) is 8.25. The fourth-order valence-electron chi connectivity index (χ4n) is 0.875. The summed E-state index contributed by atoms with van der Waals surface area (Å²) in [6, 6.07) is 10.2. The minimum atomic E-state index is 0. The molecule has 0 aliphatic heterocycles. The molecule has 0 spiro atoms. The van der Waals surface area contributed by atoms with E-state index in [4.69, 9.17) is 6.42 Å². The van der Waals surface area contributed by atoms with Crippen LogP contribution in [0, 0.1) is 12.3 Å². The third-order valence-corrected chi connectivity index (χ3v) is 1.40. The molecule has 1 nitrogen and oxygen atoms in total. The van der Waals surface area contributed by atoms with Crippen molar-refractivity contribution in [1.82, 2.24) is 5.32 Å². The molecule has 0 amide bonds. The molecule has 1 aromatic carbocycles. The Morgan fingerprint density at radius 2 is 1.92 bits per heavy atom. The van der Waals surface area contributed by atoms with Crippen molar-refractivity contribution in [2.45, 2.75) is 6.54 Å². The zero-order valence-corrected chi connectivity index (χ0v) is 8.50. The van der Waals surface area contributed by atoms with Crippen LogP contribution in [0.4, 0.5) is 0 Å². The van der Waals surface area contributed by atoms with Gasteiger partial charge >= 0.3 is 0 Å². The summed E-state index contributed by atoms with van der Waals surface area (Å²) in [5, 5.41) is 3.12. The highest BCUT2D eigenvalue weighted by molar-refractivity contribution is 8.93.